The highest BCUT2D eigenvalue weighted by molar-refractivity contribution is 7.12. The van der Waals surface area contributed by atoms with E-state index < -0.39 is 0 Å². The minimum absolute atomic E-state index is 0.0204. The molecule has 2 aromatic rings. The molecule has 3 heterocycles. The van der Waals surface area contributed by atoms with Crippen LogP contribution in [0.3, 0.4) is 0 Å². The van der Waals surface area contributed by atoms with Gasteiger partial charge < -0.3 is 9.32 Å². The normalized spacial score (nSPS) is 16.5. The third kappa shape index (κ3) is 4.51. The maximum absolute atomic E-state index is 13.0. The van der Waals surface area contributed by atoms with E-state index in [4.69, 9.17) is 4.42 Å². The van der Waals surface area contributed by atoms with Crippen molar-refractivity contribution in [3.05, 3.63) is 46.5 Å². The van der Waals surface area contributed by atoms with E-state index in [0.29, 0.717) is 25.3 Å². The molecule has 150 valence electrons. The van der Waals surface area contributed by atoms with Gasteiger partial charge in [-0.1, -0.05) is 6.07 Å². The van der Waals surface area contributed by atoms with E-state index >= 15 is 0 Å². The molecular weight excluding hydrogens is 376 g/mol. The SMILES string of the molecule is CCN(CC)C(=O)CN(C)CC(=O)N1N=C(c2cccs2)CC1c1ccco1. The maximum atomic E-state index is 13.0. The van der Waals surface area contributed by atoms with Gasteiger partial charge in [-0.15, -0.1) is 11.3 Å². The zero-order valence-corrected chi connectivity index (χ0v) is 17.3. The number of likely N-dealkylation sites (N-methyl/N-ethyl adjacent to an activating group) is 2. The zero-order valence-electron chi connectivity index (χ0n) is 16.5. The maximum Gasteiger partial charge on any atom is 0.257 e. The molecule has 0 saturated carbocycles. The van der Waals surface area contributed by atoms with Gasteiger partial charge in [-0.25, -0.2) is 5.01 Å². The van der Waals surface area contributed by atoms with E-state index in [1.54, 1.807) is 34.4 Å². The number of carbonyl (C=O) groups is 2. The molecule has 0 radical (unpaired) electrons. The minimum Gasteiger partial charge on any atom is -0.467 e. The van der Waals surface area contributed by atoms with Crippen molar-refractivity contribution >= 4 is 28.9 Å². The Morgan fingerprint density at radius 3 is 2.64 bits per heavy atom. The lowest BCUT2D eigenvalue weighted by atomic mass is 10.1. The molecule has 7 nitrogen and oxygen atoms in total. The number of amides is 2. The number of hydrazone groups is 1. The van der Waals surface area contributed by atoms with Crippen LogP contribution in [0.4, 0.5) is 0 Å². The molecule has 1 aliphatic heterocycles. The Morgan fingerprint density at radius 2 is 2.04 bits per heavy atom. The van der Waals surface area contributed by atoms with Crippen molar-refractivity contribution in [3.8, 4) is 0 Å². The molecule has 2 amide bonds. The van der Waals surface area contributed by atoms with E-state index in [-0.39, 0.29) is 30.9 Å². The van der Waals surface area contributed by atoms with Crippen LogP contribution in [0.25, 0.3) is 0 Å². The van der Waals surface area contributed by atoms with Crippen molar-refractivity contribution in [3.63, 3.8) is 0 Å². The monoisotopic (exact) mass is 402 g/mol. The third-order valence-corrected chi connectivity index (χ3v) is 5.69. The van der Waals surface area contributed by atoms with Gasteiger partial charge >= 0.3 is 0 Å². The van der Waals surface area contributed by atoms with Crippen LogP contribution in [-0.4, -0.2) is 65.6 Å². The van der Waals surface area contributed by atoms with Gasteiger partial charge in [0.25, 0.3) is 5.91 Å². The van der Waals surface area contributed by atoms with E-state index in [1.165, 1.54) is 5.01 Å². The third-order valence-electron chi connectivity index (χ3n) is 4.77. The van der Waals surface area contributed by atoms with Crippen LogP contribution < -0.4 is 0 Å². The van der Waals surface area contributed by atoms with Gasteiger partial charge in [-0.2, -0.15) is 5.10 Å². The second kappa shape index (κ2) is 9.16. The Kier molecular flexibility index (Phi) is 6.64. The highest BCUT2D eigenvalue weighted by atomic mass is 32.1. The summed E-state index contributed by atoms with van der Waals surface area (Å²) in [7, 11) is 1.78. The molecule has 0 N–H and O–H groups in total. The second-order valence-corrected chi connectivity index (χ2v) is 7.68. The molecule has 3 rings (SSSR count). The number of nitrogens with zero attached hydrogens (tertiary/aromatic N) is 4. The number of hydrogen-bond donors (Lipinski definition) is 0. The van der Waals surface area contributed by atoms with Crippen molar-refractivity contribution in [2.45, 2.75) is 26.3 Å². The Bertz CT molecular complexity index is 813. The average Bonchev–Trinajstić information content (AvgIpc) is 3.41. The lowest BCUT2D eigenvalue weighted by Gasteiger charge is -2.25. The summed E-state index contributed by atoms with van der Waals surface area (Å²) in [6, 6.07) is 7.40. The minimum atomic E-state index is -0.258. The van der Waals surface area contributed by atoms with E-state index in [2.05, 4.69) is 5.10 Å². The second-order valence-electron chi connectivity index (χ2n) is 6.74. The lowest BCUT2D eigenvalue weighted by molar-refractivity contribution is -0.136. The quantitative estimate of drug-likeness (QED) is 0.681. The zero-order chi connectivity index (χ0) is 20.1. The fraction of sp³-hybridized carbons (Fsp3) is 0.450. The molecular formula is C20H26N4O3S. The topological polar surface area (TPSA) is 69.4 Å². The predicted molar refractivity (Wildman–Crippen MR) is 109 cm³/mol. The molecule has 1 aliphatic rings. The van der Waals surface area contributed by atoms with E-state index in [0.717, 1.165) is 10.6 Å². The molecule has 8 heteroatoms. The molecule has 0 aromatic carbocycles. The van der Waals surface area contributed by atoms with E-state index in [9.17, 15) is 9.59 Å². The average molecular weight is 403 g/mol. The van der Waals surface area contributed by atoms with Crippen LogP contribution in [0.15, 0.2) is 45.4 Å². The summed E-state index contributed by atoms with van der Waals surface area (Å²) >= 11 is 1.60. The summed E-state index contributed by atoms with van der Waals surface area (Å²) in [6.45, 7) is 5.55. The fourth-order valence-electron chi connectivity index (χ4n) is 3.30. The molecule has 2 aromatic heterocycles. The van der Waals surface area contributed by atoms with Gasteiger partial charge in [0, 0.05) is 19.5 Å². The van der Waals surface area contributed by atoms with Crippen molar-refractivity contribution < 1.29 is 14.0 Å². The van der Waals surface area contributed by atoms with Crippen molar-refractivity contribution in [2.24, 2.45) is 5.10 Å². The largest absolute Gasteiger partial charge is 0.467 e. The Labute approximate surface area is 169 Å². The number of furan rings is 1. The first-order valence-corrected chi connectivity index (χ1v) is 10.3. The molecule has 1 atom stereocenters. The summed E-state index contributed by atoms with van der Waals surface area (Å²) in [5.41, 5.74) is 0.881. The standard InChI is InChI=1S/C20H26N4O3S/c1-4-23(5-2)19(25)13-22(3)14-20(26)24-16(17-8-6-10-27-17)12-15(21-24)18-9-7-11-28-18/h6-11,16H,4-5,12-14H2,1-3H3. The number of thiophene rings is 1. The molecule has 0 aliphatic carbocycles. The number of hydrogen-bond acceptors (Lipinski definition) is 6. The Hall–Kier alpha value is -2.45. The first-order valence-electron chi connectivity index (χ1n) is 9.46. The predicted octanol–water partition coefficient (Wildman–Crippen LogP) is 2.82. The van der Waals surface area contributed by atoms with Gasteiger partial charge in [-0.05, 0) is 44.5 Å². The van der Waals surface area contributed by atoms with Crippen LogP contribution >= 0.6 is 11.3 Å². The summed E-state index contributed by atoms with van der Waals surface area (Å²) in [4.78, 5) is 29.8. The van der Waals surface area contributed by atoms with Crippen LogP contribution in [0.5, 0.6) is 0 Å². The number of carbonyl (C=O) groups excluding carboxylic acids is 2. The Balaban J connectivity index is 1.71. The van der Waals surface area contributed by atoms with Gasteiger partial charge in [0.2, 0.25) is 5.91 Å². The van der Waals surface area contributed by atoms with Gasteiger partial charge in [0.15, 0.2) is 0 Å². The van der Waals surface area contributed by atoms with Gasteiger partial charge in [0.05, 0.1) is 29.9 Å². The fourth-order valence-corrected chi connectivity index (χ4v) is 4.02. The summed E-state index contributed by atoms with van der Waals surface area (Å²) in [6.07, 6.45) is 2.22. The van der Waals surface area contributed by atoms with Gasteiger partial charge in [0.1, 0.15) is 11.8 Å². The summed E-state index contributed by atoms with van der Waals surface area (Å²) < 4.78 is 5.56. The van der Waals surface area contributed by atoms with Crippen molar-refractivity contribution in [2.75, 3.05) is 33.2 Å². The molecule has 0 bridgehead atoms. The summed E-state index contributed by atoms with van der Waals surface area (Å²) in [5.74, 6) is 0.584. The molecule has 1 unspecified atom stereocenters. The van der Waals surface area contributed by atoms with Crippen LogP contribution in [0.1, 0.15) is 36.9 Å². The first-order chi connectivity index (χ1) is 13.5. The molecule has 0 saturated heterocycles. The van der Waals surface area contributed by atoms with Crippen molar-refractivity contribution in [1.29, 1.82) is 0 Å². The van der Waals surface area contributed by atoms with Crippen LogP contribution in [0.2, 0.25) is 0 Å². The molecule has 0 fully saturated rings. The van der Waals surface area contributed by atoms with Crippen LogP contribution in [0, 0.1) is 0 Å². The van der Waals surface area contributed by atoms with Crippen LogP contribution in [-0.2, 0) is 9.59 Å². The number of rotatable bonds is 8. The summed E-state index contributed by atoms with van der Waals surface area (Å²) in [5, 5.41) is 8.10. The molecule has 0 spiro atoms. The Morgan fingerprint density at radius 1 is 1.25 bits per heavy atom. The smallest absolute Gasteiger partial charge is 0.257 e. The first kappa shape index (κ1) is 20.3. The molecule has 28 heavy (non-hydrogen) atoms. The lowest BCUT2D eigenvalue weighted by Crippen LogP contribution is -2.42. The van der Waals surface area contributed by atoms with E-state index in [1.807, 2.05) is 43.5 Å². The van der Waals surface area contributed by atoms with Gasteiger partial charge in [-0.3, -0.25) is 14.5 Å². The van der Waals surface area contributed by atoms with Crippen molar-refractivity contribution in [1.82, 2.24) is 14.8 Å². The highest BCUT2D eigenvalue weighted by Crippen LogP contribution is 2.34. The highest BCUT2D eigenvalue weighted by Gasteiger charge is 2.35.